The molecule has 1 aliphatic rings. The highest BCUT2D eigenvalue weighted by Crippen LogP contribution is 2.24. The summed E-state index contributed by atoms with van der Waals surface area (Å²) in [7, 11) is -3.56. The number of nitrogens with one attached hydrogen (secondary N) is 2. The zero-order chi connectivity index (χ0) is 22.4. The molecule has 1 aromatic heterocycles. The summed E-state index contributed by atoms with van der Waals surface area (Å²) in [6, 6.07) is 7.64. The fourth-order valence-electron chi connectivity index (χ4n) is 3.57. The van der Waals surface area contributed by atoms with Crippen LogP contribution in [0, 0.1) is 11.8 Å². The van der Waals surface area contributed by atoms with Gasteiger partial charge in [0.05, 0.1) is 4.90 Å². The number of aromatic nitrogens is 1. The number of sulfonamides is 1. The van der Waals surface area contributed by atoms with Crippen LogP contribution in [0.15, 0.2) is 46.8 Å². The monoisotopic (exact) mass is 464 g/mol. The maximum Gasteiger partial charge on any atom is 0.248 e. The summed E-state index contributed by atoms with van der Waals surface area (Å²) in [5.41, 5.74) is 0. The summed E-state index contributed by atoms with van der Waals surface area (Å²) in [5.74, 6) is -0.618. The van der Waals surface area contributed by atoms with E-state index in [2.05, 4.69) is 15.6 Å². The van der Waals surface area contributed by atoms with E-state index in [1.807, 2.05) is 13.8 Å². The van der Waals surface area contributed by atoms with Crippen molar-refractivity contribution in [1.82, 2.24) is 14.6 Å². The first kappa shape index (κ1) is 23.4. The van der Waals surface area contributed by atoms with Gasteiger partial charge in [-0.1, -0.05) is 32.0 Å². The molecule has 0 aliphatic carbocycles. The molecule has 1 atom stereocenters. The third kappa shape index (κ3) is 6.11. The van der Waals surface area contributed by atoms with Gasteiger partial charge < -0.3 is 10.6 Å². The molecule has 0 saturated carbocycles. The highest BCUT2D eigenvalue weighted by Gasteiger charge is 2.33. The van der Waals surface area contributed by atoms with Crippen LogP contribution in [0.1, 0.15) is 33.1 Å². The van der Waals surface area contributed by atoms with E-state index in [9.17, 15) is 18.0 Å². The second-order valence-corrected chi connectivity index (χ2v) is 10.8. The van der Waals surface area contributed by atoms with Gasteiger partial charge in [-0.15, -0.1) is 11.3 Å². The summed E-state index contributed by atoms with van der Waals surface area (Å²) in [6.07, 6.45) is 2.94. The lowest BCUT2D eigenvalue weighted by Crippen LogP contribution is -2.49. The first-order valence-electron chi connectivity index (χ1n) is 10.3. The second kappa shape index (κ2) is 10.3. The van der Waals surface area contributed by atoms with Crippen molar-refractivity contribution in [2.75, 3.05) is 18.4 Å². The first-order chi connectivity index (χ1) is 14.8. The zero-order valence-electron chi connectivity index (χ0n) is 17.7. The summed E-state index contributed by atoms with van der Waals surface area (Å²) in [5, 5.41) is 7.88. The molecule has 1 aliphatic heterocycles. The number of rotatable bonds is 8. The number of thiazole rings is 1. The summed E-state index contributed by atoms with van der Waals surface area (Å²) < 4.78 is 27.0. The number of benzene rings is 1. The molecule has 0 unspecified atom stereocenters. The normalized spacial score (nSPS) is 16.7. The topological polar surface area (TPSA) is 108 Å². The van der Waals surface area contributed by atoms with Crippen molar-refractivity contribution in [3.63, 3.8) is 0 Å². The lowest BCUT2D eigenvalue weighted by atomic mass is 9.95. The molecule has 2 aromatic rings. The molecular weight excluding hydrogens is 436 g/mol. The minimum Gasteiger partial charge on any atom is -0.344 e. The van der Waals surface area contributed by atoms with Gasteiger partial charge in [0.15, 0.2) is 5.13 Å². The van der Waals surface area contributed by atoms with Crippen LogP contribution >= 0.6 is 11.3 Å². The van der Waals surface area contributed by atoms with Crippen LogP contribution in [-0.2, 0) is 19.6 Å². The average molecular weight is 465 g/mol. The number of carbonyl (C=O) groups is 2. The van der Waals surface area contributed by atoms with Gasteiger partial charge in [-0.3, -0.25) is 9.59 Å². The van der Waals surface area contributed by atoms with Crippen LogP contribution in [0.3, 0.4) is 0 Å². The number of anilines is 1. The molecule has 2 heterocycles. The summed E-state index contributed by atoms with van der Waals surface area (Å²) in [6.45, 7) is 4.52. The Labute approximate surface area is 187 Å². The Morgan fingerprint density at radius 2 is 1.87 bits per heavy atom. The molecule has 10 heteroatoms. The van der Waals surface area contributed by atoms with Crippen molar-refractivity contribution in [1.29, 1.82) is 0 Å². The fraction of sp³-hybridized carbons (Fsp3) is 0.476. The molecule has 0 bridgehead atoms. The lowest BCUT2D eigenvalue weighted by molar-refractivity contribution is -0.130. The minimum absolute atomic E-state index is 0.211. The quantitative estimate of drug-likeness (QED) is 0.624. The molecule has 31 heavy (non-hydrogen) atoms. The van der Waals surface area contributed by atoms with Crippen molar-refractivity contribution >= 4 is 38.3 Å². The van der Waals surface area contributed by atoms with E-state index in [0.29, 0.717) is 24.4 Å². The number of nitrogens with zero attached hydrogens (tertiary/aromatic N) is 2. The number of hydrogen-bond donors (Lipinski definition) is 2. The van der Waals surface area contributed by atoms with E-state index in [4.69, 9.17) is 0 Å². The van der Waals surface area contributed by atoms with E-state index >= 15 is 0 Å². The van der Waals surface area contributed by atoms with Crippen molar-refractivity contribution in [3.05, 3.63) is 41.9 Å². The van der Waals surface area contributed by atoms with Crippen LogP contribution < -0.4 is 10.6 Å². The lowest BCUT2D eigenvalue weighted by Gasteiger charge is -2.31. The molecule has 1 saturated heterocycles. The SMILES string of the molecule is CC(C)C[C@H](NC(=O)C1CCN(S(=O)(=O)c2ccccc2)CC1)C(=O)Nc1nccs1. The summed E-state index contributed by atoms with van der Waals surface area (Å²) in [4.78, 5) is 29.8. The Balaban J connectivity index is 1.59. The number of carbonyl (C=O) groups excluding carboxylic acids is 2. The van der Waals surface area contributed by atoms with Gasteiger partial charge >= 0.3 is 0 Å². The Kier molecular flexibility index (Phi) is 7.79. The van der Waals surface area contributed by atoms with E-state index < -0.39 is 16.1 Å². The van der Waals surface area contributed by atoms with Gasteiger partial charge in [-0.05, 0) is 37.3 Å². The Morgan fingerprint density at radius 3 is 2.45 bits per heavy atom. The Bertz CT molecular complexity index is 970. The van der Waals surface area contributed by atoms with Crippen molar-refractivity contribution < 1.29 is 18.0 Å². The highest BCUT2D eigenvalue weighted by atomic mass is 32.2. The van der Waals surface area contributed by atoms with Crippen molar-refractivity contribution in [3.8, 4) is 0 Å². The third-order valence-electron chi connectivity index (χ3n) is 5.21. The van der Waals surface area contributed by atoms with Gasteiger partial charge in [-0.25, -0.2) is 13.4 Å². The van der Waals surface area contributed by atoms with Crippen molar-refractivity contribution in [2.24, 2.45) is 11.8 Å². The number of hydrogen-bond acceptors (Lipinski definition) is 6. The van der Waals surface area contributed by atoms with Crippen LogP contribution in [0.5, 0.6) is 0 Å². The number of piperidine rings is 1. The van der Waals surface area contributed by atoms with Crippen LogP contribution in [-0.4, -0.2) is 48.7 Å². The molecule has 168 valence electrons. The van der Waals surface area contributed by atoms with E-state index in [1.165, 1.54) is 15.6 Å². The molecular formula is C21H28N4O4S2. The zero-order valence-corrected chi connectivity index (χ0v) is 19.3. The maximum atomic E-state index is 12.9. The van der Waals surface area contributed by atoms with E-state index in [0.717, 1.165) is 0 Å². The molecule has 0 spiro atoms. The van der Waals surface area contributed by atoms with E-state index in [1.54, 1.807) is 41.9 Å². The summed E-state index contributed by atoms with van der Waals surface area (Å²) >= 11 is 1.32. The Morgan fingerprint density at radius 1 is 1.19 bits per heavy atom. The van der Waals surface area contributed by atoms with Crippen LogP contribution in [0.4, 0.5) is 5.13 Å². The molecule has 3 rings (SSSR count). The largest absolute Gasteiger partial charge is 0.344 e. The second-order valence-electron chi connectivity index (χ2n) is 8.01. The van der Waals surface area contributed by atoms with Crippen LogP contribution in [0.25, 0.3) is 0 Å². The van der Waals surface area contributed by atoms with Gasteiger partial charge in [-0.2, -0.15) is 4.31 Å². The predicted molar refractivity (Wildman–Crippen MR) is 120 cm³/mol. The number of amides is 2. The van der Waals surface area contributed by atoms with E-state index in [-0.39, 0.29) is 41.6 Å². The van der Waals surface area contributed by atoms with Gasteiger partial charge in [0.1, 0.15) is 6.04 Å². The maximum absolute atomic E-state index is 12.9. The molecule has 8 nitrogen and oxygen atoms in total. The average Bonchev–Trinajstić information content (AvgIpc) is 3.26. The highest BCUT2D eigenvalue weighted by molar-refractivity contribution is 7.89. The minimum atomic E-state index is -3.56. The Hall–Kier alpha value is -2.30. The van der Waals surface area contributed by atoms with Gasteiger partial charge in [0.2, 0.25) is 21.8 Å². The van der Waals surface area contributed by atoms with Gasteiger partial charge in [0, 0.05) is 30.6 Å². The molecule has 2 N–H and O–H groups in total. The molecule has 2 amide bonds. The standard InChI is InChI=1S/C21H28N4O4S2/c1-15(2)14-18(20(27)24-21-22-10-13-30-21)23-19(26)16-8-11-25(12-9-16)31(28,29)17-6-4-3-5-7-17/h3-7,10,13,15-16,18H,8-9,11-12,14H2,1-2H3,(H,23,26)(H,22,24,27)/t18-/m0/s1. The fourth-order valence-corrected chi connectivity index (χ4v) is 5.59. The smallest absolute Gasteiger partial charge is 0.248 e. The van der Waals surface area contributed by atoms with Crippen molar-refractivity contribution in [2.45, 2.75) is 44.0 Å². The van der Waals surface area contributed by atoms with Crippen LogP contribution in [0.2, 0.25) is 0 Å². The predicted octanol–water partition coefficient (Wildman–Crippen LogP) is 2.71. The third-order valence-corrected chi connectivity index (χ3v) is 7.81. The molecule has 0 radical (unpaired) electrons. The van der Waals surface area contributed by atoms with Gasteiger partial charge in [0.25, 0.3) is 0 Å². The molecule has 1 fully saturated rings. The molecule has 1 aromatic carbocycles. The first-order valence-corrected chi connectivity index (χ1v) is 12.6.